The molecule has 1 fully saturated rings. The molecule has 2 aromatic rings. The minimum absolute atomic E-state index is 0.0421. The Balaban J connectivity index is 1.84. The van der Waals surface area contributed by atoms with E-state index in [1.54, 1.807) is 38.5 Å². The Morgan fingerprint density at radius 1 is 1.00 bits per heavy atom. The van der Waals surface area contributed by atoms with Crippen LogP contribution in [0.4, 0.5) is 5.69 Å². The number of phenolic OH excluding ortho intramolecular Hbond substituents is 1. The van der Waals surface area contributed by atoms with E-state index in [1.165, 1.54) is 5.01 Å². The molecule has 146 valence electrons. The van der Waals surface area contributed by atoms with Crippen LogP contribution in [0.2, 0.25) is 0 Å². The Kier molecular flexibility index (Phi) is 4.94. The number of fused-ring (bicyclic) bond motifs is 1. The normalized spacial score (nSPS) is 21.7. The van der Waals surface area contributed by atoms with Crippen molar-refractivity contribution in [2.24, 2.45) is 16.9 Å². The van der Waals surface area contributed by atoms with E-state index >= 15 is 0 Å². The molecule has 1 aliphatic heterocycles. The fourth-order valence-corrected chi connectivity index (χ4v) is 4.23. The highest BCUT2D eigenvalue weighted by molar-refractivity contribution is 6.11. The summed E-state index contributed by atoms with van der Waals surface area (Å²) in [6, 6.07) is 12.5. The number of aromatic hydroxyl groups is 1. The molecule has 6 nitrogen and oxygen atoms in total. The first-order valence-electron chi connectivity index (χ1n) is 9.57. The molecule has 1 aliphatic carbocycles. The molecule has 6 heteroatoms. The van der Waals surface area contributed by atoms with Gasteiger partial charge in [-0.05, 0) is 43.2 Å². The zero-order chi connectivity index (χ0) is 19.7. The maximum absolute atomic E-state index is 13.2. The third-order valence-electron chi connectivity index (χ3n) is 5.64. The summed E-state index contributed by atoms with van der Waals surface area (Å²) in [4.78, 5) is 13.2. The van der Waals surface area contributed by atoms with Gasteiger partial charge in [0.25, 0.3) is 5.91 Å². The van der Waals surface area contributed by atoms with Crippen molar-refractivity contribution in [1.82, 2.24) is 0 Å². The number of rotatable bonds is 4. The molecule has 2 atom stereocenters. The SMILES string of the molecule is COc1ccc(C2=NN(c3ccccc3O)C(=O)[C@@H]3CCCC[C@H]23)cc1OC. The van der Waals surface area contributed by atoms with E-state index in [-0.39, 0.29) is 23.5 Å². The smallest absolute Gasteiger partial charge is 0.251 e. The molecule has 4 rings (SSSR count). The van der Waals surface area contributed by atoms with Crippen LogP contribution in [0.25, 0.3) is 0 Å². The number of amides is 1. The lowest BCUT2D eigenvalue weighted by atomic mass is 9.73. The number of carbonyl (C=O) groups excluding carboxylic acids is 1. The van der Waals surface area contributed by atoms with Gasteiger partial charge < -0.3 is 14.6 Å². The van der Waals surface area contributed by atoms with Crippen LogP contribution < -0.4 is 14.5 Å². The van der Waals surface area contributed by atoms with Gasteiger partial charge in [-0.15, -0.1) is 0 Å². The van der Waals surface area contributed by atoms with E-state index in [2.05, 4.69) is 0 Å². The van der Waals surface area contributed by atoms with Gasteiger partial charge in [0, 0.05) is 17.4 Å². The molecular weight excluding hydrogens is 356 g/mol. The van der Waals surface area contributed by atoms with Crippen LogP contribution in [0, 0.1) is 11.8 Å². The molecule has 2 aromatic carbocycles. The predicted octanol–water partition coefficient (Wildman–Crippen LogP) is 3.97. The van der Waals surface area contributed by atoms with Crippen molar-refractivity contribution < 1.29 is 19.4 Å². The molecule has 1 heterocycles. The quantitative estimate of drug-likeness (QED) is 0.871. The first-order chi connectivity index (χ1) is 13.6. The lowest BCUT2D eigenvalue weighted by Crippen LogP contribution is -2.46. The lowest BCUT2D eigenvalue weighted by molar-refractivity contribution is -0.124. The number of hydrazone groups is 1. The van der Waals surface area contributed by atoms with Gasteiger partial charge in [0.1, 0.15) is 11.4 Å². The van der Waals surface area contributed by atoms with Crippen molar-refractivity contribution in [2.45, 2.75) is 25.7 Å². The average molecular weight is 380 g/mol. The third kappa shape index (κ3) is 3.09. The molecule has 1 saturated carbocycles. The molecule has 0 bridgehead atoms. The van der Waals surface area contributed by atoms with Gasteiger partial charge in [-0.3, -0.25) is 4.79 Å². The number of hydrogen-bond donors (Lipinski definition) is 1. The molecule has 0 saturated heterocycles. The first kappa shape index (κ1) is 18.3. The summed E-state index contributed by atoms with van der Waals surface area (Å²) in [6.07, 6.45) is 3.87. The van der Waals surface area contributed by atoms with Crippen molar-refractivity contribution in [1.29, 1.82) is 0 Å². The second-order valence-corrected chi connectivity index (χ2v) is 7.19. The number of carbonyl (C=O) groups is 1. The molecule has 2 aliphatic rings. The highest BCUT2D eigenvalue weighted by atomic mass is 16.5. The van der Waals surface area contributed by atoms with Crippen molar-refractivity contribution >= 4 is 17.3 Å². The number of hydrogen-bond acceptors (Lipinski definition) is 5. The molecular formula is C22H24N2O4. The van der Waals surface area contributed by atoms with Gasteiger partial charge >= 0.3 is 0 Å². The first-order valence-corrected chi connectivity index (χ1v) is 9.57. The summed E-state index contributed by atoms with van der Waals surface area (Å²) >= 11 is 0. The summed E-state index contributed by atoms with van der Waals surface area (Å²) in [5.74, 6) is 1.21. The molecule has 0 unspecified atom stereocenters. The second kappa shape index (κ2) is 7.54. The van der Waals surface area contributed by atoms with Crippen LogP contribution in [0.3, 0.4) is 0 Å². The average Bonchev–Trinajstić information content (AvgIpc) is 2.74. The van der Waals surface area contributed by atoms with E-state index in [4.69, 9.17) is 14.6 Å². The van der Waals surface area contributed by atoms with E-state index in [1.807, 2.05) is 18.2 Å². The minimum Gasteiger partial charge on any atom is -0.506 e. The Morgan fingerprint density at radius 2 is 1.71 bits per heavy atom. The number of para-hydroxylation sites is 2. The van der Waals surface area contributed by atoms with Gasteiger partial charge in [0.15, 0.2) is 11.5 Å². The summed E-state index contributed by atoms with van der Waals surface area (Å²) in [5, 5.41) is 16.4. The highest BCUT2D eigenvalue weighted by Crippen LogP contribution is 2.41. The maximum atomic E-state index is 13.2. The van der Waals surface area contributed by atoms with Gasteiger partial charge in [-0.2, -0.15) is 10.1 Å². The van der Waals surface area contributed by atoms with E-state index in [9.17, 15) is 9.90 Å². The second-order valence-electron chi connectivity index (χ2n) is 7.19. The molecule has 28 heavy (non-hydrogen) atoms. The van der Waals surface area contributed by atoms with Crippen molar-refractivity contribution in [3.05, 3.63) is 48.0 Å². The minimum atomic E-state index is -0.131. The Bertz CT molecular complexity index is 925. The zero-order valence-electron chi connectivity index (χ0n) is 16.1. The Morgan fingerprint density at radius 3 is 2.43 bits per heavy atom. The number of phenols is 1. The topological polar surface area (TPSA) is 71.4 Å². The summed E-state index contributed by atoms with van der Waals surface area (Å²) in [7, 11) is 3.21. The lowest BCUT2D eigenvalue weighted by Gasteiger charge is -2.38. The number of methoxy groups -OCH3 is 2. The predicted molar refractivity (Wildman–Crippen MR) is 107 cm³/mol. The summed E-state index contributed by atoms with van der Waals surface area (Å²) in [5.41, 5.74) is 2.17. The number of ether oxygens (including phenoxy) is 2. The fraction of sp³-hybridized carbons (Fsp3) is 0.364. The largest absolute Gasteiger partial charge is 0.506 e. The highest BCUT2D eigenvalue weighted by Gasteiger charge is 2.42. The molecule has 0 spiro atoms. The summed E-state index contributed by atoms with van der Waals surface area (Å²) in [6.45, 7) is 0. The van der Waals surface area contributed by atoms with Crippen LogP contribution in [-0.4, -0.2) is 30.9 Å². The monoisotopic (exact) mass is 380 g/mol. The van der Waals surface area contributed by atoms with E-state index in [0.29, 0.717) is 17.2 Å². The fourth-order valence-electron chi connectivity index (χ4n) is 4.23. The number of anilines is 1. The van der Waals surface area contributed by atoms with Crippen LogP contribution in [0.1, 0.15) is 31.2 Å². The van der Waals surface area contributed by atoms with Crippen molar-refractivity contribution in [3.8, 4) is 17.2 Å². The van der Waals surface area contributed by atoms with E-state index < -0.39 is 0 Å². The standard InChI is InChI=1S/C22H24N2O4/c1-27-19-12-11-14(13-20(19)28-2)21-15-7-3-4-8-16(15)22(26)24(23-21)17-9-5-6-10-18(17)25/h5-6,9-13,15-16,25H,3-4,7-8H2,1-2H3/t15-,16+/m0/s1. The third-order valence-corrected chi connectivity index (χ3v) is 5.64. The zero-order valence-corrected chi connectivity index (χ0v) is 16.1. The molecule has 0 aromatic heterocycles. The summed E-state index contributed by atoms with van der Waals surface area (Å²) < 4.78 is 10.8. The van der Waals surface area contributed by atoms with Crippen LogP contribution in [0.15, 0.2) is 47.6 Å². The maximum Gasteiger partial charge on any atom is 0.251 e. The Hall–Kier alpha value is -3.02. The molecule has 1 N–H and O–H groups in total. The van der Waals surface area contributed by atoms with Crippen molar-refractivity contribution in [3.63, 3.8) is 0 Å². The molecule has 0 radical (unpaired) electrons. The van der Waals surface area contributed by atoms with Crippen LogP contribution in [0.5, 0.6) is 17.2 Å². The number of nitrogens with zero attached hydrogens (tertiary/aromatic N) is 2. The molecule has 1 amide bonds. The van der Waals surface area contributed by atoms with Crippen LogP contribution in [-0.2, 0) is 4.79 Å². The van der Waals surface area contributed by atoms with Gasteiger partial charge in [-0.25, -0.2) is 0 Å². The van der Waals surface area contributed by atoms with E-state index in [0.717, 1.165) is 37.0 Å². The van der Waals surface area contributed by atoms with Crippen molar-refractivity contribution in [2.75, 3.05) is 19.2 Å². The van der Waals surface area contributed by atoms with Crippen LogP contribution >= 0.6 is 0 Å². The van der Waals surface area contributed by atoms with Gasteiger partial charge in [-0.1, -0.05) is 25.0 Å². The Labute approximate surface area is 164 Å². The van der Waals surface area contributed by atoms with Gasteiger partial charge in [0.2, 0.25) is 0 Å². The number of benzene rings is 2. The van der Waals surface area contributed by atoms with Gasteiger partial charge in [0.05, 0.1) is 19.9 Å².